The molecule has 4 aromatic rings. The normalized spacial score (nSPS) is 11.1. The fourth-order valence-corrected chi connectivity index (χ4v) is 4.08. The molecule has 29 heavy (non-hydrogen) atoms. The number of rotatable bonds is 7. The lowest BCUT2D eigenvalue weighted by molar-refractivity contribution is -0.118. The molecule has 0 radical (unpaired) electrons. The average molecular weight is 407 g/mol. The maximum atomic E-state index is 12.3. The van der Waals surface area contributed by atoms with Crippen molar-refractivity contribution in [1.82, 2.24) is 19.9 Å². The van der Waals surface area contributed by atoms with E-state index in [4.69, 9.17) is 4.74 Å². The van der Waals surface area contributed by atoms with Gasteiger partial charge in [0, 0.05) is 18.0 Å². The summed E-state index contributed by atoms with van der Waals surface area (Å²) in [6.45, 7) is 2.67. The number of aryl methyl sites for hydroxylation is 1. The fraction of sp³-hybridized carbons (Fsp3) is 0.227. The van der Waals surface area contributed by atoms with E-state index >= 15 is 0 Å². The summed E-state index contributed by atoms with van der Waals surface area (Å²) in [4.78, 5) is 12.3. The van der Waals surface area contributed by atoms with Crippen molar-refractivity contribution in [3.05, 3.63) is 65.7 Å². The molecule has 0 saturated carbocycles. The molecule has 1 N–H and O–H groups in total. The number of carbonyl (C=O) groups is 1. The Balaban J connectivity index is 1.48. The number of ether oxygens (including phenoxy) is 1. The van der Waals surface area contributed by atoms with E-state index in [1.54, 1.807) is 7.11 Å². The Bertz CT molecular complexity index is 1160. The summed E-state index contributed by atoms with van der Waals surface area (Å²) in [6, 6.07) is 18.1. The number of carbonyl (C=O) groups excluding carboxylic acids is 1. The number of thioether (sulfide) groups is 1. The van der Waals surface area contributed by atoms with Gasteiger partial charge in [0.05, 0.1) is 18.4 Å². The van der Waals surface area contributed by atoms with Gasteiger partial charge in [-0.3, -0.25) is 9.20 Å². The number of nitrogens with zero attached hydrogens (tertiary/aromatic N) is 3. The monoisotopic (exact) mass is 406 g/mol. The number of benzene rings is 2. The van der Waals surface area contributed by atoms with Crippen molar-refractivity contribution in [2.24, 2.45) is 0 Å². The van der Waals surface area contributed by atoms with Crippen LogP contribution in [0.2, 0.25) is 0 Å². The van der Waals surface area contributed by atoms with Crippen LogP contribution in [0.25, 0.3) is 16.6 Å². The minimum Gasteiger partial charge on any atom is -0.497 e. The fourth-order valence-electron chi connectivity index (χ4n) is 3.30. The highest BCUT2D eigenvalue weighted by Crippen LogP contribution is 2.28. The minimum absolute atomic E-state index is 0.0170. The number of hydrogen-bond donors (Lipinski definition) is 1. The quantitative estimate of drug-likeness (QED) is 0.475. The van der Waals surface area contributed by atoms with Crippen LogP contribution in [0.5, 0.6) is 5.75 Å². The van der Waals surface area contributed by atoms with Crippen molar-refractivity contribution in [3.63, 3.8) is 0 Å². The van der Waals surface area contributed by atoms with Crippen molar-refractivity contribution in [3.8, 4) is 5.75 Å². The molecule has 0 aliphatic rings. The first kappa shape index (κ1) is 19.3. The molecule has 0 fully saturated rings. The van der Waals surface area contributed by atoms with Crippen molar-refractivity contribution in [2.45, 2.75) is 18.5 Å². The summed E-state index contributed by atoms with van der Waals surface area (Å²) in [6.07, 6.45) is 0.814. The zero-order valence-corrected chi connectivity index (χ0v) is 17.2. The second-order valence-electron chi connectivity index (χ2n) is 6.76. The predicted molar refractivity (Wildman–Crippen MR) is 116 cm³/mol. The first-order valence-electron chi connectivity index (χ1n) is 9.41. The third kappa shape index (κ3) is 4.19. The topological polar surface area (TPSA) is 68.5 Å². The van der Waals surface area contributed by atoms with Crippen molar-refractivity contribution < 1.29 is 9.53 Å². The zero-order valence-electron chi connectivity index (χ0n) is 16.4. The van der Waals surface area contributed by atoms with Gasteiger partial charge in [-0.05, 0) is 42.7 Å². The second-order valence-corrected chi connectivity index (χ2v) is 7.70. The number of nitrogens with one attached hydrogen (secondary N) is 1. The largest absolute Gasteiger partial charge is 0.497 e. The Labute approximate surface area is 173 Å². The second kappa shape index (κ2) is 8.53. The minimum atomic E-state index is -0.0170. The van der Waals surface area contributed by atoms with Crippen molar-refractivity contribution >= 4 is 34.2 Å². The van der Waals surface area contributed by atoms with Gasteiger partial charge in [0.2, 0.25) is 5.91 Å². The van der Waals surface area contributed by atoms with E-state index < -0.39 is 0 Å². The summed E-state index contributed by atoms with van der Waals surface area (Å²) in [5.41, 5.74) is 4.06. The molecule has 148 valence electrons. The van der Waals surface area contributed by atoms with E-state index in [1.807, 2.05) is 46.9 Å². The molecule has 0 aliphatic carbocycles. The SMILES string of the molecule is COc1ccc2c(C)cc3nnc(SCC(=O)NCCc4ccccc4)n3c2c1. The lowest BCUT2D eigenvalue weighted by atomic mass is 10.1. The summed E-state index contributed by atoms with van der Waals surface area (Å²) in [7, 11) is 1.65. The van der Waals surface area contributed by atoms with Gasteiger partial charge in [-0.25, -0.2) is 0 Å². The molecule has 2 heterocycles. The molecule has 0 unspecified atom stereocenters. The maximum absolute atomic E-state index is 12.3. The van der Waals surface area contributed by atoms with E-state index in [0.29, 0.717) is 11.7 Å². The highest BCUT2D eigenvalue weighted by atomic mass is 32.2. The van der Waals surface area contributed by atoms with Gasteiger partial charge in [0.25, 0.3) is 0 Å². The first-order chi connectivity index (χ1) is 14.2. The van der Waals surface area contributed by atoms with Crippen molar-refractivity contribution in [1.29, 1.82) is 0 Å². The molecule has 4 rings (SSSR count). The lowest BCUT2D eigenvalue weighted by Crippen LogP contribution is -2.27. The van der Waals surface area contributed by atoms with E-state index in [1.165, 1.54) is 17.3 Å². The maximum Gasteiger partial charge on any atom is 0.230 e. The van der Waals surface area contributed by atoms with E-state index in [9.17, 15) is 4.79 Å². The summed E-state index contributed by atoms with van der Waals surface area (Å²) >= 11 is 1.38. The van der Waals surface area contributed by atoms with Gasteiger partial charge in [-0.15, -0.1) is 10.2 Å². The molecule has 2 aromatic carbocycles. The molecule has 2 aromatic heterocycles. The Kier molecular flexibility index (Phi) is 5.67. The molecular formula is C22H22N4O2S. The first-order valence-corrected chi connectivity index (χ1v) is 10.4. The van der Waals surface area contributed by atoms with E-state index in [-0.39, 0.29) is 11.7 Å². The van der Waals surface area contributed by atoms with Gasteiger partial charge in [-0.2, -0.15) is 0 Å². The third-order valence-corrected chi connectivity index (χ3v) is 5.71. The summed E-state index contributed by atoms with van der Waals surface area (Å²) in [5.74, 6) is 1.04. The Morgan fingerprint density at radius 2 is 1.97 bits per heavy atom. The molecule has 0 aliphatic heterocycles. The van der Waals surface area contributed by atoms with Crippen LogP contribution < -0.4 is 10.1 Å². The Morgan fingerprint density at radius 3 is 2.76 bits per heavy atom. The lowest BCUT2D eigenvalue weighted by Gasteiger charge is -2.09. The Morgan fingerprint density at radius 1 is 1.14 bits per heavy atom. The molecule has 0 atom stereocenters. The third-order valence-electron chi connectivity index (χ3n) is 4.79. The number of methoxy groups -OCH3 is 1. The molecule has 0 spiro atoms. The van der Waals surface area contributed by atoms with Gasteiger partial charge >= 0.3 is 0 Å². The van der Waals surface area contributed by atoms with E-state index in [0.717, 1.165) is 34.3 Å². The number of aromatic nitrogens is 3. The summed E-state index contributed by atoms with van der Waals surface area (Å²) < 4.78 is 7.36. The van der Waals surface area contributed by atoms with Crippen LogP contribution in [0.1, 0.15) is 11.1 Å². The molecule has 6 nitrogen and oxygen atoms in total. The van der Waals surface area contributed by atoms with Crippen LogP contribution in [0.15, 0.2) is 59.8 Å². The molecule has 7 heteroatoms. The number of amides is 1. The molecular weight excluding hydrogens is 384 g/mol. The molecule has 0 saturated heterocycles. The number of hydrogen-bond acceptors (Lipinski definition) is 5. The van der Waals surface area contributed by atoms with Gasteiger partial charge in [0.15, 0.2) is 10.8 Å². The van der Waals surface area contributed by atoms with Gasteiger partial charge in [-0.1, -0.05) is 42.1 Å². The van der Waals surface area contributed by atoms with Crippen LogP contribution in [-0.4, -0.2) is 39.9 Å². The highest BCUT2D eigenvalue weighted by molar-refractivity contribution is 7.99. The van der Waals surface area contributed by atoms with Crippen LogP contribution in [0.3, 0.4) is 0 Å². The molecule has 1 amide bonds. The standard InChI is InChI=1S/C22H22N4O2S/c1-15-12-20-24-25-22(26(20)19-13-17(28-2)8-9-18(15)19)29-14-21(27)23-11-10-16-6-4-3-5-7-16/h3-9,12-13H,10-11,14H2,1-2H3,(H,23,27). The predicted octanol–water partition coefficient (Wildman–Crippen LogP) is 3.65. The van der Waals surface area contributed by atoms with Crippen LogP contribution in [0.4, 0.5) is 0 Å². The highest BCUT2D eigenvalue weighted by Gasteiger charge is 2.14. The number of fused-ring (bicyclic) bond motifs is 3. The van der Waals surface area contributed by atoms with Gasteiger partial charge < -0.3 is 10.1 Å². The van der Waals surface area contributed by atoms with Gasteiger partial charge in [0.1, 0.15) is 5.75 Å². The average Bonchev–Trinajstić information content (AvgIpc) is 3.15. The zero-order chi connectivity index (χ0) is 20.2. The summed E-state index contributed by atoms with van der Waals surface area (Å²) in [5, 5.41) is 13.3. The van der Waals surface area contributed by atoms with Crippen LogP contribution in [0, 0.1) is 6.92 Å². The number of pyridine rings is 1. The van der Waals surface area contributed by atoms with Crippen LogP contribution >= 0.6 is 11.8 Å². The van der Waals surface area contributed by atoms with Crippen LogP contribution in [-0.2, 0) is 11.2 Å². The smallest absolute Gasteiger partial charge is 0.230 e. The Hall–Kier alpha value is -3.06. The van der Waals surface area contributed by atoms with E-state index in [2.05, 4.69) is 34.6 Å². The molecule has 0 bridgehead atoms. The van der Waals surface area contributed by atoms with Crippen molar-refractivity contribution in [2.75, 3.05) is 19.4 Å².